The second kappa shape index (κ2) is 3.80. The number of nitrogens with one attached hydrogen (secondary N) is 1. The summed E-state index contributed by atoms with van der Waals surface area (Å²) in [4.78, 5) is 10.9. The Balaban J connectivity index is 2.47. The molecule has 1 N–H and O–H groups in total. The Labute approximate surface area is 70.5 Å². The molecule has 1 unspecified atom stereocenters. The molecule has 1 aromatic rings. The molecule has 1 aromatic heterocycles. The Kier molecular flexibility index (Phi) is 2.74. The maximum absolute atomic E-state index is 10.9. The highest BCUT2D eigenvalue weighted by molar-refractivity contribution is 5.78. The van der Waals surface area contributed by atoms with E-state index in [0.29, 0.717) is 5.88 Å². The van der Waals surface area contributed by atoms with E-state index in [1.54, 1.807) is 19.1 Å². The number of esters is 1. The number of rotatable bonds is 3. The van der Waals surface area contributed by atoms with Gasteiger partial charge in [0.2, 0.25) is 0 Å². The molecule has 0 amide bonds. The Morgan fingerprint density at radius 1 is 1.75 bits per heavy atom. The van der Waals surface area contributed by atoms with Gasteiger partial charge in [0.1, 0.15) is 6.04 Å². The molecule has 0 aliphatic carbocycles. The molecule has 0 aromatic carbocycles. The lowest BCUT2D eigenvalue weighted by Gasteiger charge is -2.09. The first-order chi connectivity index (χ1) is 5.74. The van der Waals surface area contributed by atoms with E-state index in [-0.39, 0.29) is 12.0 Å². The van der Waals surface area contributed by atoms with Crippen molar-refractivity contribution in [2.24, 2.45) is 0 Å². The minimum Gasteiger partial charge on any atom is -0.467 e. The summed E-state index contributed by atoms with van der Waals surface area (Å²) in [5, 5.41) is 2.83. The van der Waals surface area contributed by atoms with E-state index in [9.17, 15) is 4.79 Å². The van der Waals surface area contributed by atoms with Crippen molar-refractivity contribution in [1.29, 1.82) is 0 Å². The molecule has 1 atom stereocenters. The fraction of sp³-hybridized carbons (Fsp3) is 0.375. The van der Waals surface area contributed by atoms with Gasteiger partial charge in [-0.2, -0.15) is 0 Å². The molecule has 4 nitrogen and oxygen atoms in total. The molecule has 0 bridgehead atoms. The molecule has 0 fully saturated rings. The second-order valence-corrected chi connectivity index (χ2v) is 2.37. The van der Waals surface area contributed by atoms with Gasteiger partial charge in [0.15, 0.2) is 5.88 Å². The first-order valence-electron chi connectivity index (χ1n) is 3.62. The summed E-state index contributed by atoms with van der Waals surface area (Å²) in [5.74, 6) is 0.249. The summed E-state index contributed by atoms with van der Waals surface area (Å²) in [6.45, 7) is 1.70. The van der Waals surface area contributed by atoms with Gasteiger partial charge < -0.3 is 14.5 Å². The fourth-order valence-electron chi connectivity index (χ4n) is 0.810. The van der Waals surface area contributed by atoms with E-state index in [1.807, 2.05) is 0 Å². The SMILES string of the molecule is COC(=O)C(C)Nc1ccco1. The van der Waals surface area contributed by atoms with Crippen LogP contribution in [-0.4, -0.2) is 19.1 Å². The lowest BCUT2D eigenvalue weighted by Crippen LogP contribution is -2.26. The number of carbonyl (C=O) groups is 1. The van der Waals surface area contributed by atoms with Crippen LogP contribution in [0.5, 0.6) is 0 Å². The molecule has 0 aliphatic heterocycles. The molecule has 4 heteroatoms. The van der Waals surface area contributed by atoms with Gasteiger partial charge in [-0.25, -0.2) is 4.79 Å². The Morgan fingerprint density at radius 3 is 3.00 bits per heavy atom. The van der Waals surface area contributed by atoms with Crippen LogP contribution in [0.2, 0.25) is 0 Å². The van der Waals surface area contributed by atoms with Gasteiger partial charge in [-0.3, -0.25) is 0 Å². The highest BCUT2D eigenvalue weighted by atomic mass is 16.5. The van der Waals surface area contributed by atoms with Crippen LogP contribution in [0.4, 0.5) is 5.88 Å². The summed E-state index contributed by atoms with van der Waals surface area (Å²) in [7, 11) is 1.35. The van der Waals surface area contributed by atoms with Crippen molar-refractivity contribution in [1.82, 2.24) is 0 Å². The van der Waals surface area contributed by atoms with Crippen LogP contribution in [0, 0.1) is 0 Å². The molecule has 0 radical (unpaired) electrons. The standard InChI is InChI=1S/C8H11NO3/c1-6(8(10)11-2)9-7-4-3-5-12-7/h3-6,9H,1-2H3. The van der Waals surface area contributed by atoms with Crippen molar-refractivity contribution < 1.29 is 13.9 Å². The third-order valence-corrected chi connectivity index (χ3v) is 1.43. The van der Waals surface area contributed by atoms with Crippen LogP contribution in [-0.2, 0) is 9.53 Å². The van der Waals surface area contributed by atoms with Crippen LogP contribution in [0.15, 0.2) is 22.8 Å². The molecular formula is C8H11NO3. The van der Waals surface area contributed by atoms with Crippen molar-refractivity contribution in [2.45, 2.75) is 13.0 Å². The summed E-state index contributed by atoms with van der Waals surface area (Å²) in [6.07, 6.45) is 1.53. The summed E-state index contributed by atoms with van der Waals surface area (Å²) in [6, 6.07) is 3.09. The van der Waals surface area contributed by atoms with Gasteiger partial charge >= 0.3 is 5.97 Å². The first kappa shape index (κ1) is 8.64. The van der Waals surface area contributed by atoms with E-state index < -0.39 is 0 Å². The lowest BCUT2D eigenvalue weighted by atomic mass is 10.3. The number of ether oxygens (including phenoxy) is 1. The van der Waals surface area contributed by atoms with Crippen molar-refractivity contribution in [3.63, 3.8) is 0 Å². The maximum Gasteiger partial charge on any atom is 0.328 e. The van der Waals surface area contributed by atoms with Crippen LogP contribution < -0.4 is 5.32 Å². The molecule has 0 aliphatic rings. The van der Waals surface area contributed by atoms with Gasteiger partial charge in [0.25, 0.3) is 0 Å². The lowest BCUT2D eigenvalue weighted by molar-refractivity contribution is -0.141. The van der Waals surface area contributed by atoms with Crippen LogP contribution in [0.25, 0.3) is 0 Å². The number of anilines is 1. The van der Waals surface area contributed by atoms with E-state index in [4.69, 9.17) is 4.42 Å². The second-order valence-electron chi connectivity index (χ2n) is 2.37. The predicted molar refractivity (Wildman–Crippen MR) is 43.8 cm³/mol. The molecule has 12 heavy (non-hydrogen) atoms. The molecule has 1 heterocycles. The Hall–Kier alpha value is -1.45. The van der Waals surface area contributed by atoms with Crippen molar-refractivity contribution >= 4 is 11.9 Å². The molecule has 1 rings (SSSR count). The number of methoxy groups -OCH3 is 1. The Bertz CT molecular complexity index is 243. The smallest absolute Gasteiger partial charge is 0.328 e. The normalized spacial score (nSPS) is 12.2. The third-order valence-electron chi connectivity index (χ3n) is 1.43. The molecule has 0 saturated carbocycles. The van der Waals surface area contributed by atoms with E-state index in [0.717, 1.165) is 0 Å². The summed E-state index contributed by atoms with van der Waals surface area (Å²) >= 11 is 0. The summed E-state index contributed by atoms with van der Waals surface area (Å²) in [5.41, 5.74) is 0. The molecule has 0 saturated heterocycles. The highest BCUT2D eigenvalue weighted by Crippen LogP contribution is 2.08. The van der Waals surface area contributed by atoms with Gasteiger partial charge in [0, 0.05) is 6.07 Å². The average molecular weight is 169 g/mol. The van der Waals surface area contributed by atoms with Crippen molar-refractivity contribution in [3.05, 3.63) is 18.4 Å². The monoisotopic (exact) mass is 169 g/mol. The largest absolute Gasteiger partial charge is 0.467 e. The van der Waals surface area contributed by atoms with Gasteiger partial charge in [-0.05, 0) is 13.0 Å². The topological polar surface area (TPSA) is 51.5 Å². The van der Waals surface area contributed by atoms with Gasteiger partial charge in [-0.1, -0.05) is 0 Å². The van der Waals surface area contributed by atoms with Crippen LogP contribution >= 0.6 is 0 Å². The van der Waals surface area contributed by atoms with Crippen molar-refractivity contribution in [2.75, 3.05) is 12.4 Å². The zero-order valence-corrected chi connectivity index (χ0v) is 7.03. The maximum atomic E-state index is 10.9. The zero-order valence-electron chi connectivity index (χ0n) is 7.03. The van der Waals surface area contributed by atoms with Crippen LogP contribution in [0.3, 0.4) is 0 Å². The van der Waals surface area contributed by atoms with Crippen molar-refractivity contribution in [3.8, 4) is 0 Å². The quantitative estimate of drug-likeness (QED) is 0.692. The molecular weight excluding hydrogens is 158 g/mol. The minimum atomic E-state index is -0.388. The predicted octanol–water partition coefficient (Wildman–Crippen LogP) is 1.25. The van der Waals surface area contributed by atoms with Crippen LogP contribution in [0.1, 0.15) is 6.92 Å². The Morgan fingerprint density at radius 2 is 2.50 bits per heavy atom. The number of carbonyl (C=O) groups excluding carboxylic acids is 1. The van der Waals surface area contributed by atoms with E-state index in [2.05, 4.69) is 10.1 Å². The number of hydrogen-bond donors (Lipinski definition) is 1. The van der Waals surface area contributed by atoms with E-state index in [1.165, 1.54) is 13.4 Å². The molecule has 66 valence electrons. The number of furan rings is 1. The van der Waals surface area contributed by atoms with Gasteiger partial charge in [0.05, 0.1) is 13.4 Å². The highest BCUT2D eigenvalue weighted by Gasteiger charge is 2.12. The minimum absolute atomic E-state index is 0.314. The average Bonchev–Trinajstić information content (AvgIpc) is 2.55. The fourth-order valence-corrected chi connectivity index (χ4v) is 0.810. The van der Waals surface area contributed by atoms with E-state index >= 15 is 0 Å². The third kappa shape index (κ3) is 2.02. The zero-order chi connectivity index (χ0) is 8.97. The molecule has 0 spiro atoms. The van der Waals surface area contributed by atoms with Gasteiger partial charge in [-0.15, -0.1) is 0 Å². The number of hydrogen-bond acceptors (Lipinski definition) is 4. The first-order valence-corrected chi connectivity index (χ1v) is 3.62. The summed E-state index contributed by atoms with van der Waals surface area (Å²) < 4.78 is 9.50.